The lowest BCUT2D eigenvalue weighted by Gasteiger charge is -2.21. The van der Waals surface area contributed by atoms with E-state index in [4.69, 9.17) is 14.5 Å². The van der Waals surface area contributed by atoms with Crippen LogP contribution in [0.3, 0.4) is 0 Å². The Hall–Kier alpha value is -2.02. The van der Waals surface area contributed by atoms with E-state index in [-0.39, 0.29) is 18.6 Å². The molecule has 1 aromatic carbocycles. The van der Waals surface area contributed by atoms with Crippen molar-refractivity contribution in [2.75, 3.05) is 38.4 Å². The monoisotopic (exact) mass is 341 g/mol. The van der Waals surface area contributed by atoms with E-state index < -0.39 is 0 Å². The minimum absolute atomic E-state index is 0.0716. The van der Waals surface area contributed by atoms with Gasteiger partial charge in [0.15, 0.2) is 0 Å². The van der Waals surface area contributed by atoms with E-state index in [0.29, 0.717) is 13.2 Å². The van der Waals surface area contributed by atoms with E-state index in [9.17, 15) is 4.79 Å². The quantitative estimate of drug-likeness (QED) is 0.925. The topological polar surface area (TPSA) is 63.7 Å². The van der Waals surface area contributed by atoms with Crippen molar-refractivity contribution >= 4 is 22.5 Å². The van der Waals surface area contributed by atoms with Gasteiger partial charge in [-0.2, -0.15) is 0 Å². The van der Waals surface area contributed by atoms with Crippen molar-refractivity contribution in [1.29, 1.82) is 0 Å². The van der Waals surface area contributed by atoms with Crippen LogP contribution in [-0.2, 0) is 20.8 Å². The average Bonchev–Trinajstić information content (AvgIpc) is 3.15. The number of anilines is 1. The molecule has 25 heavy (non-hydrogen) atoms. The summed E-state index contributed by atoms with van der Waals surface area (Å²) >= 11 is 0. The molecule has 0 bridgehead atoms. The summed E-state index contributed by atoms with van der Waals surface area (Å²) in [4.78, 5) is 19.5. The van der Waals surface area contributed by atoms with Crippen LogP contribution in [0.25, 0.3) is 10.9 Å². The Morgan fingerprint density at radius 2 is 1.96 bits per heavy atom. The zero-order valence-corrected chi connectivity index (χ0v) is 14.2. The van der Waals surface area contributed by atoms with E-state index in [1.807, 2.05) is 18.2 Å². The third-order valence-electron chi connectivity index (χ3n) is 4.77. The lowest BCUT2D eigenvalue weighted by Crippen LogP contribution is -2.34. The fourth-order valence-corrected chi connectivity index (χ4v) is 3.39. The van der Waals surface area contributed by atoms with Gasteiger partial charge in [0, 0.05) is 17.6 Å². The van der Waals surface area contributed by atoms with Crippen LogP contribution in [0.4, 0.5) is 5.69 Å². The number of likely N-dealkylation sites (tertiary alicyclic amines) is 1. The smallest absolute Gasteiger partial charge is 0.232 e. The molecule has 4 rings (SSSR count). The molecule has 0 aliphatic carbocycles. The van der Waals surface area contributed by atoms with Crippen LogP contribution in [0.1, 0.15) is 18.5 Å². The van der Waals surface area contributed by atoms with Crippen molar-refractivity contribution in [2.45, 2.75) is 19.4 Å². The Labute approximate surface area is 147 Å². The Kier molecular flexibility index (Phi) is 4.92. The number of benzene rings is 1. The molecular weight excluding hydrogens is 318 g/mol. The van der Waals surface area contributed by atoms with Crippen molar-refractivity contribution in [3.05, 3.63) is 36.0 Å². The molecule has 0 saturated carbocycles. The summed E-state index contributed by atoms with van der Waals surface area (Å²) in [5.41, 5.74) is 2.83. The maximum Gasteiger partial charge on any atom is 0.232 e. The summed E-state index contributed by atoms with van der Waals surface area (Å²) in [5.74, 6) is -0.330. The number of hydrogen-bond acceptors (Lipinski definition) is 5. The molecule has 1 amide bonds. The minimum Gasteiger partial charge on any atom is -0.355 e. The largest absolute Gasteiger partial charge is 0.355 e. The van der Waals surface area contributed by atoms with E-state index in [1.54, 1.807) is 0 Å². The van der Waals surface area contributed by atoms with Gasteiger partial charge >= 0.3 is 0 Å². The van der Waals surface area contributed by atoms with Gasteiger partial charge in [-0.15, -0.1) is 0 Å². The molecule has 2 aliphatic heterocycles. The summed E-state index contributed by atoms with van der Waals surface area (Å²) in [6, 6.07) is 9.99. The van der Waals surface area contributed by atoms with E-state index in [1.165, 1.54) is 25.9 Å². The molecule has 1 N–H and O–H groups in total. The summed E-state index contributed by atoms with van der Waals surface area (Å²) in [6.45, 7) is 4.32. The highest BCUT2D eigenvalue weighted by Crippen LogP contribution is 2.20. The highest BCUT2D eigenvalue weighted by atomic mass is 16.7. The highest BCUT2D eigenvalue weighted by molar-refractivity contribution is 5.95. The van der Waals surface area contributed by atoms with E-state index in [2.05, 4.69) is 22.3 Å². The average molecular weight is 341 g/mol. The molecule has 0 atom stereocenters. The Bertz CT molecular complexity index is 753. The van der Waals surface area contributed by atoms with Gasteiger partial charge < -0.3 is 14.8 Å². The summed E-state index contributed by atoms with van der Waals surface area (Å²) in [6.07, 6.45) is 2.57. The Morgan fingerprint density at radius 3 is 2.76 bits per heavy atom. The summed E-state index contributed by atoms with van der Waals surface area (Å²) < 4.78 is 10.4. The van der Waals surface area contributed by atoms with Crippen molar-refractivity contribution in [3.63, 3.8) is 0 Å². The maximum atomic E-state index is 12.3. The first kappa shape index (κ1) is 16.4. The second-order valence-electron chi connectivity index (χ2n) is 6.74. The normalized spacial score (nSPS) is 19.4. The SMILES string of the molecule is O=C(Nc1ccc2nc(CN3CCCC3)ccc2c1)C1COCOC1. The first-order valence-electron chi connectivity index (χ1n) is 8.86. The van der Waals surface area contributed by atoms with Crippen molar-refractivity contribution in [1.82, 2.24) is 9.88 Å². The number of pyridine rings is 1. The van der Waals surface area contributed by atoms with Crippen LogP contribution in [0.2, 0.25) is 0 Å². The fourth-order valence-electron chi connectivity index (χ4n) is 3.39. The predicted octanol–water partition coefficient (Wildman–Crippen LogP) is 2.39. The van der Waals surface area contributed by atoms with Gasteiger partial charge in [-0.25, -0.2) is 0 Å². The molecule has 6 nitrogen and oxygen atoms in total. The molecule has 2 saturated heterocycles. The van der Waals surface area contributed by atoms with Crippen LogP contribution < -0.4 is 5.32 Å². The van der Waals surface area contributed by atoms with E-state index >= 15 is 0 Å². The molecule has 0 spiro atoms. The third kappa shape index (κ3) is 3.98. The summed E-state index contributed by atoms with van der Waals surface area (Å²) in [7, 11) is 0. The second-order valence-corrected chi connectivity index (χ2v) is 6.74. The lowest BCUT2D eigenvalue weighted by atomic mass is 10.1. The van der Waals surface area contributed by atoms with Crippen LogP contribution in [0, 0.1) is 5.92 Å². The number of ether oxygens (including phenoxy) is 2. The maximum absolute atomic E-state index is 12.3. The molecule has 132 valence electrons. The lowest BCUT2D eigenvalue weighted by molar-refractivity contribution is -0.147. The molecule has 0 unspecified atom stereocenters. The number of nitrogens with one attached hydrogen (secondary N) is 1. The second kappa shape index (κ2) is 7.47. The van der Waals surface area contributed by atoms with Gasteiger partial charge in [0.2, 0.25) is 5.91 Å². The van der Waals surface area contributed by atoms with Gasteiger partial charge in [-0.05, 0) is 50.2 Å². The number of carbonyl (C=O) groups excluding carboxylic acids is 1. The standard InChI is InChI=1S/C19H23N3O3/c23-19(15-11-24-13-25-12-15)21-16-5-6-18-14(9-16)3-4-17(20-18)10-22-7-1-2-8-22/h3-6,9,15H,1-2,7-8,10-13H2,(H,21,23). The molecular formula is C19H23N3O3. The number of aromatic nitrogens is 1. The third-order valence-corrected chi connectivity index (χ3v) is 4.77. The van der Waals surface area contributed by atoms with Crippen molar-refractivity contribution in [2.24, 2.45) is 5.92 Å². The highest BCUT2D eigenvalue weighted by Gasteiger charge is 2.22. The Balaban J connectivity index is 1.45. The van der Waals surface area contributed by atoms with Crippen LogP contribution in [-0.4, -0.2) is 48.9 Å². The first-order chi connectivity index (χ1) is 12.3. The molecule has 2 aliphatic rings. The van der Waals surface area contributed by atoms with Crippen LogP contribution in [0.15, 0.2) is 30.3 Å². The van der Waals surface area contributed by atoms with E-state index in [0.717, 1.165) is 28.8 Å². The molecule has 6 heteroatoms. The fraction of sp³-hybridized carbons (Fsp3) is 0.474. The Morgan fingerprint density at radius 1 is 1.16 bits per heavy atom. The van der Waals surface area contributed by atoms with Gasteiger partial charge in [0.05, 0.1) is 30.3 Å². The van der Waals surface area contributed by atoms with Gasteiger partial charge in [0.1, 0.15) is 6.79 Å². The number of nitrogens with zero attached hydrogens (tertiary/aromatic N) is 2. The minimum atomic E-state index is -0.259. The summed E-state index contributed by atoms with van der Waals surface area (Å²) in [5, 5.41) is 3.97. The molecule has 3 heterocycles. The molecule has 2 fully saturated rings. The number of amides is 1. The van der Waals surface area contributed by atoms with Gasteiger partial charge in [-0.1, -0.05) is 6.07 Å². The number of hydrogen-bond donors (Lipinski definition) is 1. The van der Waals surface area contributed by atoms with Crippen LogP contribution >= 0.6 is 0 Å². The van der Waals surface area contributed by atoms with Gasteiger partial charge in [-0.3, -0.25) is 14.7 Å². The van der Waals surface area contributed by atoms with Crippen LogP contribution in [0.5, 0.6) is 0 Å². The number of carbonyl (C=O) groups is 1. The zero-order valence-electron chi connectivity index (χ0n) is 14.2. The molecule has 1 aromatic heterocycles. The number of fused-ring (bicyclic) bond motifs is 1. The first-order valence-corrected chi connectivity index (χ1v) is 8.86. The number of rotatable bonds is 4. The van der Waals surface area contributed by atoms with Gasteiger partial charge in [0.25, 0.3) is 0 Å². The molecule has 0 radical (unpaired) electrons. The zero-order chi connectivity index (χ0) is 17.1. The van der Waals surface area contributed by atoms with Crippen molar-refractivity contribution < 1.29 is 14.3 Å². The predicted molar refractivity (Wildman–Crippen MR) is 95.1 cm³/mol. The van der Waals surface area contributed by atoms with Crippen molar-refractivity contribution in [3.8, 4) is 0 Å². The molecule has 2 aromatic rings.